The molecule has 2 rings (SSSR count). The summed E-state index contributed by atoms with van der Waals surface area (Å²) in [6.45, 7) is -0.0853. The van der Waals surface area contributed by atoms with Crippen LogP contribution >= 0.6 is 0 Å². The third-order valence-electron chi connectivity index (χ3n) is 3.35. The van der Waals surface area contributed by atoms with Crippen molar-refractivity contribution in [2.75, 3.05) is 19.4 Å². The number of aliphatic hydroxyl groups excluding tert-OH is 1. The number of aliphatic hydroxyl groups is 1. The third kappa shape index (κ3) is 3.72. The van der Waals surface area contributed by atoms with Gasteiger partial charge in [0.2, 0.25) is 10.0 Å². The maximum Gasteiger partial charge on any atom is 0.339 e. The molecule has 4 N–H and O–H groups in total. The fourth-order valence-corrected chi connectivity index (χ4v) is 3.20. The van der Waals surface area contributed by atoms with E-state index in [2.05, 4.69) is 9.46 Å². The number of nitrogens with one attached hydrogen (secondary N) is 1. The van der Waals surface area contributed by atoms with Crippen molar-refractivity contribution < 1.29 is 23.1 Å². The first-order valence-electron chi connectivity index (χ1n) is 6.50. The zero-order valence-corrected chi connectivity index (χ0v) is 12.4. The van der Waals surface area contributed by atoms with E-state index in [-0.39, 0.29) is 28.6 Å². The van der Waals surface area contributed by atoms with Crippen molar-refractivity contribution in [3.63, 3.8) is 0 Å². The average molecular weight is 314 g/mol. The zero-order chi connectivity index (χ0) is 15.6. The summed E-state index contributed by atoms with van der Waals surface area (Å²) in [5.74, 6) is -0.635. The highest BCUT2D eigenvalue weighted by molar-refractivity contribution is 7.89. The van der Waals surface area contributed by atoms with Crippen molar-refractivity contribution in [1.82, 2.24) is 4.72 Å². The summed E-state index contributed by atoms with van der Waals surface area (Å²) < 4.78 is 31.4. The molecule has 0 spiro atoms. The van der Waals surface area contributed by atoms with Crippen LogP contribution < -0.4 is 10.5 Å². The van der Waals surface area contributed by atoms with Crippen LogP contribution in [0.2, 0.25) is 0 Å². The van der Waals surface area contributed by atoms with Crippen molar-refractivity contribution in [2.24, 2.45) is 5.92 Å². The summed E-state index contributed by atoms with van der Waals surface area (Å²) in [6.07, 6.45) is 1.09. The molecule has 7 nitrogen and oxygen atoms in total. The van der Waals surface area contributed by atoms with Crippen molar-refractivity contribution in [3.8, 4) is 0 Å². The van der Waals surface area contributed by atoms with Gasteiger partial charge in [-0.15, -0.1) is 0 Å². The summed E-state index contributed by atoms with van der Waals surface area (Å²) in [5, 5.41) is 9.73. The minimum absolute atomic E-state index is 0.0853. The van der Waals surface area contributed by atoms with E-state index in [1.165, 1.54) is 18.2 Å². The van der Waals surface area contributed by atoms with E-state index in [4.69, 9.17) is 5.73 Å². The summed E-state index contributed by atoms with van der Waals surface area (Å²) in [5.41, 5.74) is 5.69. The Labute approximate surface area is 123 Å². The van der Waals surface area contributed by atoms with Crippen LogP contribution in [0.4, 0.5) is 5.69 Å². The topological polar surface area (TPSA) is 119 Å². The van der Waals surface area contributed by atoms with Gasteiger partial charge in [-0.2, -0.15) is 0 Å². The molecule has 0 saturated heterocycles. The molecule has 0 aliphatic heterocycles. The monoisotopic (exact) mass is 314 g/mol. The van der Waals surface area contributed by atoms with E-state index < -0.39 is 22.1 Å². The number of benzene rings is 1. The third-order valence-corrected chi connectivity index (χ3v) is 4.83. The van der Waals surface area contributed by atoms with Gasteiger partial charge in [0.15, 0.2) is 0 Å². The highest BCUT2D eigenvalue weighted by Gasteiger charge is 2.31. The van der Waals surface area contributed by atoms with Gasteiger partial charge in [-0.05, 0) is 37.0 Å². The summed E-state index contributed by atoms with van der Waals surface area (Å²) >= 11 is 0. The largest absolute Gasteiger partial charge is 0.465 e. The summed E-state index contributed by atoms with van der Waals surface area (Å²) in [6, 6.07) is 3.88. The van der Waals surface area contributed by atoms with Crippen LogP contribution in [0.5, 0.6) is 0 Å². The minimum Gasteiger partial charge on any atom is -0.465 e. The first-order valence-corrected chi connectivity index (χ1v) is 7.99. The van der Waals surface area contributed by atoms with Gasteiger partial charge in [-0.1, -0.05) is 0 Å². The van der Waals surface area contributed by atoms with Crippen molar-refractivity contribution in [3.05, 3.63) is 23.8 Å². The molecule has 0 radical (unpaired) electrons. The molecule has 1 aromatic carbocycles. The fraction of sp³-hybridized carbons (Fsp3) is 0.462. The lowest BCUT2D eigenvalue weighted by molar-refractivity contribution is 0.0596. The molecule has 1 unspecified atom stereocenters. The quantitative estimate of drug-likeness (QED) is 0.506. The lowest BCUT2D eigenvalue weighted by Gasteiger charge is -2.13. The first-order chi connectivity index (χ1) is 9.85. The number of ether oxygens (including phenoxy) is 1. The lowest BCUT2D eigenvalue weighted by Crippen LogP contribution is -2.34. The second kappa shape index (κ2) is 6.00. The maximum atomic E-state index is 12.3. The molecule has 1 fully saturated rings. The van der Waals surface area contributed by atoms with Gasteiger partial charge in [0, 0.05) is 12.2 Å². The molecule has 1 aliphatic carbocycles. The Morgan fingerprint density at radius 2 is 2.19 bits per heavy atom. The highest BCUT2D eigenvalue weighted by Crippen LogP contribution is 2.32. The van der Waals surface area contributed by atoms with Crippen LogP contribution in [-0.4, -0.2) is 39.3 Å². The highest BCUT2D eigenvalue weighted by atomic mass is 32.2. The van der Waals surface area contributed by atoms with E-state index in [1.807, 2.05) is 0 Å². The van der Waals surface area contributed by atoms with Gasteiger partial charge in [0.25, 0.3) is 0 Å². The van der Waals surface area contributed by atoms with Crippen LogP contribution in [0.25, 0.3) is 0 Å². The number of hydrogen-bond donors (Lipinski definition) is 3. The Morgan fingerprint density at radius 3 is 2.76 bits per heavy atom. The number of anilines is 1. The molecule has 8 heteroatoms. The summed E-state index contributed by atoms with van der Waals surface area (Å²) in [7, 11) is -2.77. The van der Waals surface area contributed by atoms with Crippen LogP contribution in [0.1, 0.15) is 23.2 Å². The van der Waals surface area contributed by atoms with Crippen molar-refractivity contribution in [2.45, 2.75) is 23.8 Å². The Hall–Kier alpha value is -1.64. The van der Waals surface area contributed by atoms with E-state index in [0.717, 1.165) is 20.0 Å². The van der Waals surface area contributed by atoms with E-state index >= 15 is 0 Å². The van der Waals surface area contributed by atoms with Gasteiger partial charge < -0.3 is 15.6 Å². The van der Waals surface area contributed by atoms with Gasteiger partial charge in [0.05, 0.1) is 23.7 Å². The van der Waals surface area contributed by atoms with Gasteiger partial charge >= 0.3 is 5.97 Å². The normalized spacial score (nSPS) is 16.5. The molecule has 21 heavy (non-hydrogen) atoms. The SMILES string of the molecule is COC(=O)c1cc(N)ccc1S(=O)(=O)NCC(O)C1CC1. The molecule has 1 aliphatic rings. The number of carbonyl (C=O) groups is 1. The number of sulfonamides is 1. The molecule has 1 atom stereocenters. The lowest BCUT2D eigenvalue weighted by atomic mass is 10.2. The summed E-state index contributed by atoms with van der Waals surface area (Å²) in [4.78, 5) is 11.5. The smallest absolute Gasteiger partial charge is 0.339 e. The maximum absolute atomic E-state index is 12.3. The molecule has 0 bridgehead atoms. The van der Waals surface area contributed by atoms with E-state index in [1.54, 1.807) is 0 Å². The molecule has 0 amide bonds. The van der Waals surface area contributed by atoms with Crippen LogP contribution in [0.3, 0.4) is 0 Å². The number of hydrogen-bond acceptors (Lipinski definition) is 6. The molecule has 1 saturated carbocycles. The Morgan fingerprint density at radius 1 is 1.52 bits per heavy atom. The second-order valence-corrected chi connectivity index (χ2v) is 6.74. The van der Waals surface area contributed by atoms with Crippen LogP contribution in [0.15, 0.2) is 23.1 Å². The predicted molar refractivity (Wildman–Crippen MR) is 76.1 cm³/mol. The van der Waals surface area contributed by atoms with Crippen LogP contribution in [-0.2, 0) is 14.8 Å². The van der Waals surface area contributed by atoms with Gasteiger partial charge in [0.1, 0.15) is 0 Å². The van der Waals surface area contributed by atoms with Crippen LogP contribution in [0, 0.1) is 5.92 Å². The first kappa shape index (κ1) is 15.7. The molecular formula is C13H18N2O5S. The minimum atomic E-state index is -3.93. The van der Waals surface area contributed by atoms with Gasteiger partial charge in [-0.3, -0.25) is 0 Å². The average Bonchev–Trinajstić information content (AvgIpc) is 3.28. The Bertz CT molecular complexity index is 640. The molecule has 116 valence electrons. The number of nitrogens with two attached hydrogens (primary N) is 1. The Balaban J connectivity index is 2.24. The number of nitrogen functional groups attached to an aromatic ring is 1. The number of carbonyl (C=O) groups excluding carboxylic acids is 1. The van der Waals surface area contributed by atoms with Gasteiger partial charge in [-0.25, -0.2) is 17.9 Å². The van der Waals surface area contributed by atoms with E-state index in [9.17, 15) is 18.3 Å². The Kier molecular flexibility index (Phi) is 4.50. The fourth-order valence-electron chi connectivity index (χ4n) is 1.97. The number of methoxy groups -OCH3 is 1. The zero-order valence-electron chi connectivity index (χ0n) is 11.6. The number of esters is 1. The number of rotatable bonds is 6. The van der Waals surface area contributed by atoms with Crippen molar-refractivity contribution >= 4 is 21.7 Å². The molecule has 0 aromatic heterocycles. The standard InChI is InChI=1S/C13H18N2O5S/c1-20-13(17)10-6-9(14)4-5-12(10)21(18,19)15-7-11(16)8-2-3-8/h4-6,8,11,15-16H,2-3,7,14H2,1H3. The second-order valence-electron chi connectivity index (χ2n) is 5.00. The predicted octanol–water partition coefficient (Wildman–Crippen LogP) is 0.105. The molecule has 0 heterocycles. The van der Waals surface area contributed by atoms with E-state index in [0.29, 0.717) is 0 Å². The van der Waals surface area contributed by atoms with Crippen molar-refractivity contribution in [1.29, 1.82) is 0 Å². The molecular weight excluding hydrogens is 296 g/mol. The molecule has 1 aromatic rings.